The summed E-state index contributed by atoms with van der Waals surface area (Å²) >= 11 is 6.19. The molecule has 1 aromatic heterocycles. The van der Waals surface area contributed by atoms with E-state index >= 15 is 0 Å². The Balaban J connectivity index is 1.83. The fourth-order valence-corrected chi connectivity index (χ4v) is 5.82. The summed E-state index contributed by atoms with van der Waals surface area (Å²) in [6, 6.07) is 19.9. The molecule has 158 valence electrons. The smallest absolute Gasteiger partial charge is 0.268 e. The van der Waals surface area contributed by atoms with Gasteiger partial charge in [-0.25, -0.2) is 4.39 Å². The molecular formula is C23H19ClFN2O3P. The molecule has 0 aliphatic rings. The van der Waals surface area contributed by atoms with Crippen LogP contribution < -0.4 is 15.9 Å². The Bertz CT molecular complexity index is 1310. The van der Waals surface area contributed by atoms with Gasteiger partial charge in [0.25, 0.3) is 13.3 Å². The minimum Gasteiger partial charge on any atom is -0.350 e. The second-order valence-electron chi connectivity index (χ2n) is 6.88. The normalized spacial score (nSPS) is 13.1. The number of hydrogen-bond donors (Lipinski definition) is 2. The number of carbonyl (C=O) groups excluding carboxylic acids is 1. The van der Waals surface area contributed by atoms with Gasteiger partial charge in [-0.2, -0.15) is 0 Å². The van der Waals surface area contributed by atoms with E-state index in [-0.39, 0.29) is 17.5 Å². The molecule has 0 spiro atoms. The van der Waals surface area contributed by atoms with Gasteiger partial charge < -0.3 is 14.8 Å². The Hall–Kier alpha value is -2.92. The Morgan fingerprint density at radius 2 is 1.81 bits per heavy atom. The summed E-state index contributed by atoms with van der Waals surface area (Å²) in [6.07, 6.45) is 0. The molecule has 4 rings (SSSR count). The van der Waals surface area contributed by atoms with Crippen LogP contribution in [0.4, 0.5) is 4.39 Å². The minimum atomic E-state index is -3.64. The summed E-state index contributed by atoms with van der Waals surface area (Å²) < 4.78 is 33.6. The van der Waals surface area contributed by atoms with Crippen LogP contribution in [0.25, 0.3) is 10.9 Å². The van der Waals surface area contributed by atoms with Crippen LogP contribution in [0.1, 0.15) is 16.1 Å². The molecule has 0 fully saturated rings. The fourth-order valence-electron chi connectivity index (χ4n) is 3.48. The van der Waals surface area contributed by atoms with E-state index in [9.17, 15) is 13.8 Å². The average Bonchev–Trinajstić information content (AvgIpc) is 3.17. The molecule has 0 radical (unpaired) electrons. The third-order valence-corrected chi connectivity index (χ3v) is 7.79. The summed E-state index contributed by atoms with van der Waals surface area (Å²) in [5, 5.41) is 4.33. The van der Waals surface area contributed by atoms with Gasteiger partial charge in [0.2, 0.25) is 0 Å². The van der Waals surface area contributed by atoms with Crippen molar-refractivity contribution in [3.8, 4) is 0 Å². The zero-order valence-corrected chi connectivity index (χ0v) is 18.2. The van der Waals surface area contributed by atoms with Gasteiger partial charge in [0.15, 0.2) is 0 Å². The zero-order valence-electron chi connectivity index (χ0n) is 16.6. The SMILES string of the molecule is COP(=O)(c1ccccc1)c1c(C(=O)NCc2ccccc2F)[nH]c2ccc(Cl)cc12. The predicted octanol–water partition coefficient (Wildman–Crippen LogP) is 4.77. The molecule has 0 bridgehead atoms. The van der Waals surface area contributed by atoms with Crippen molar-refractivity contribution in [2.75, 3.05) is 7.11 Å². The maximum Gasteiger partial charge on any atom is 0.268 e. The van der Waals surface area contributed by atoms with Gasteiger partial charge in [0.1, 0.15) is 11.5 Å². The summed E-state index contributed by atoms with van der Waals surface area (Å²) in [7, 11) is -2.30. The molecular weight excluding hydrogens is 438 g/mol. The molecule has 8 heteroatoms. The monoisotopic (exact) mass is 456 g/mol. The van der Waals surface area contributed by atoms with Crippen LogP contribution in [-0.2, 0) is 15.6 Å². The number of hydrogen-bond acceptors (Lipinski definition) is 3. The van der Waals surface area contributed by atoms with Gasteiger partial charge >= 0.3 is 0 Å². The molecule has 1 atom stereocenters. The van der Waals surface area contributed by atoms with Crippen molar-refractivity contribution >= 4 is 46.4 Å². The van der Waals surface area contributed by atoms with Crippen LogP contribution in [0, 0.1) is 5.82 Å². The number of carbonyl (C=O) groups is 1. The van der Waals surface area contributed by atoms with E-state index in [0.717, 1.165) is 0 Å². The first-order chi connectivity index (χ1) is 14.9. The number of amides is 1. The van der Waals surface area contributed by atoms with E-state index < -0.39 is 19.1 Å². The maximum atomic E-state index is 14.1. The largest absolute Gasteiger partial charge is 0.350 e. The molecule has 1 unspecified atom stereocenters. The Morgan fingerprint density at radius 3 is 2.52 bits per heavy atom. The van der Waals surface area contributed by atoms with Crippen molar-refractivity contribution in [1.82, 2.24) is 10.3 Å². The van der Waals surface area contributed by atoms with Crippen molar-refractivity contribution < 1.29 is 18.3 Å². The number of aromatic nitrogens is 1. The van der Waals surface area contributed by atoms with Gasteiger partial charge in [-0.05, 0) is 36.4 Å². The average molecular weight is 457 g/mol. The maximum absolute atomic E-state index is 14.1. The summed E-state index contributed by atoms with van der Waals surface area (Å²) in [5.74, 6) is -0.947. The molecule has 0 aliphatic heterocycles. The van der Waals surface area contributed by atoms with E-state index in [2.05, 4.69) is 10.3 Å². The van der Waals surface area contributed by atoms with Crippen LogP contribution >= 0.6 is 19.0 Å². The number of halogens is 2. The molecule has 4 aromatic rings. The quantitative estimate of drug-likeness (QED) is 0.411. The lowest BCUT2D eigenvalue weighted by atomic mass is 10.2. The lowest BCUT2D eigenvalue weighted by Crippen LogP contribution is -2.30. The lowest BCUT2D eigenvalue weighted by Gasteiger charge is -2.18. The van der Waals surface area contributed by atoms with Crippen LogP contribution in [0.15, 0.2) is 72.8 Å². The minimum absolute atomic E-state index is 0.0241. The second-order valence-corrected chi connectivity index (χ2v) is 9.75. The third-order valence-electron chi connectivity index (χ3n) is 5.01. The molecule has 2 N–H and O–H groups in total. The van der Waals surface area contributed by atoms with E-state index in [0.29, 0.717) is 26.8 Å². The second kappa shape index (κ2) is 8.67. The highest BCUT2D eigenvalue weighted by molar-refractivity contribution is 7.75. The van der Waals surface area contributed by atoms with Crippen LogP contribution in [0.3, 0.4) is 0 Å². The molecule has 31 heavy (non-hydrogen) atoms. The Labute approximate surface area is 183 Å². The Kier molecular flexibility index (Phi) is 5.96. The van der Waals surface area contributed by atoms with E-state index in [1.807, 2.05) is 0 Å². The topological polar surface area (TPSA) is 71.2 Å². The van der Waals surface area contributed by atoms with Crippen molar-refractivity contribution in [3.05, 3.63) is 94.9 Å². The van der Waals surface area contributed by atoms with Crippen LogP contribution in [0.2, 0.25) is 5.02 Å². The standard InChI is InChI=1S/C23H19ClFN2O3P/c1-30-31(29,17-8-3-2-4-9-17)22-18-13-16(24)11-12-20(18)27-21(22)23(28)26-14-15-7-5-6-10-19(15)25/h2-13,27H,14H2,1H3,(H,26,28). The van der Waals surface area contributed by atoms with Gasteiger partial charge in [0.05, 0.1) is 5.30 Å². The lowest BCUT2D eigenvalue weighted by molar-refractivity contribution is 0.0947. The fraction of sp³-hybridized carbons (Fsp3) is 0.0870. The number of H-pyrrole nitrogens is 1. The highest BCUT2D eigenvalue weighted by Crippen LogP contribution is 2.47. The molecule has 0 aliphatic carbocycles. The van der Waals surface area contributed by atoms with Crippen LogP contribution in [-0.4, -0.2) is 18.0 Å². The number of rotatable bonds is 6. The van der Waals surface area contributed by atoms with E-state index in [4.69, 9.17) is 16.1 Å². The van der Waals surface area contributed by atoms with Gasteiger partial charge in [-0.1, -0.05) is 48.0 Å². The molecule has 1 amide bonds. The highest BCUT2D eigenvalue weighted by Gasteiger charge is 2.35. The first-order valence-electron chi connectivity index (χ1n) is 9.49. The van der Waals surface area contributed by atoms with Crippen molar-refractivity contribution in [2.24, 2.45) is 0 Å². The molecule has 0 saturated heterocycles. The number of benzene rings is 3. The predicted molar refractivity (Wildman–Crippen MR) is 121 cm³/mol. The highest BCUT2D eigenvalue weighted by atomic mass is 35.5. The van der Waals surface area contributed by atoms with Crippen LogP contribution in [0.5, 0.6) is 0 Å². The summed E-state index contributed by atoms with van der Waals surface area (Å²) in [5.41, 5.74) is 1.01. The summed E-state index contributed by atoms with van der Waals surface area (Å²) in [6.45, 7) is -0.0241. The molecule has 3 aromatic carbocycles. The molecule has 1 heterocycles. The molecule has 0 saturated carbocycles. The number of fused-ring (bicyclic) bond motifs is 1. The third kappa shape index (κ3) is 4.02. The van der Waals surface area contributed by atoms with Gasteiger partial charge in [-0.3, -0.25) is 9.36 Å². The van der Waals surface area contributed by atoms with Crippen molar-refractivity contribution in [1.29, 1.82) is 0 Å². The number of nitrogens with one attached hydrogen (secondary N) is 2. The van der Waals surface area contributed by atoms with Crippen molar-refractivity contribution in [3.63, 3.8) is 0 Å². The van der Waals surface area contributed by atoms with Crippen molar-refractivity contribution in [2.45, 2.75) is 6.54 Å². The van der Waals surface area contributed by atoms with Gasteiger partial charge in [-0.15, -0.1) is 0 Å². The first-order valence-corrected chi connectivity index (χ1v) is 11.5. The zero-order chi connectivity index (χ0) is 22.0. The van der Waals surface area contributed by atoms with E-state index in [1.165, 1.54) is 13.2 Å². The first kappa shape index (κ1) is 21.3. The molecule has 5 nitrogen and oxygen atoms in total. The number of aromatic amines is 1. The van der Waals surface area contributed by atoms with Gasteiger partial charge in [0, 0.05) is 40.4 Å². The van der Waals surface area contributed by atoms with E-state index in [1.54, 1.807) is 66.7 Å². The Morgan fingerprint density at radius 1 is 1.10 bits per heavy atom. The summed E-state index contributed by atoms with van der Waals surface area (Å²) in [4.78, 5) is 16.2.